The summed E-state index contributed by atoms with van der Waals surface area (Å²) in [4.78, 5) is 152. The largest absolute Gasteiger partial charge is 0.445 e. The number of hydrogen-bond acceptors (Lipinski definition) is 16. The molecule has 0 bridgehead atoms. The first-order valence-electron chi connectivity index (χ1n) is 33.3. The molecule has 26 nitrogen and oxygen atoms in total. The third kappa shape index (κ3) is 25.6. The Morgan fingerprint density at radius 1 is 0.737 bits per heavy atom. The average Bonchev–Trinajstić information content (AvgIpc) is 1.81. The van der Waals surface area contributed by atoms with E-state index >= 15 is 0 Å². The van der Waals surface area contributed by atoms with Gasteiger partial charge in [-0.15, -0.1) is 0 Å². The molecule has 2 aromatic carbocycles. The highest BCUT2D eigenvalue weighted by molar-refractivity contribution is 7.81. The van der Waals surface area contributed by atoms with Crippen LogP contribution in [0.2, 0.25) is 0 Å². The number of carbonyl (C=O) groups is 11. The predicted octanol–water partition coefficient (Wildman–Crippen LogP) is 5.29. The number of nitrogens with two attached hydrogens (primary N) is 1. The Morgan fingerprint density at radius 2 is 1.39 bits per heavy atom. The lowest BCUT2D eigenvalue weighted by Gasteiger charge is -2.41. The van der Waals surface area contributed by atoms with Gasteiger partial charge in [0.2, 0.25) is 53.2 Å². The first kappa shape index (κ1) is 81.9. The average molecular weight is 1350 g/mol. The minimum absolute atomic E-state index is 0.0426. The van der Waals surface area contributed by atoms with E-state index in [1.165, 1.54) is 24.0 Å². The van der Waals surface area contributed by atoms with Crippen LogP contribution in [-0.2, 0) is 70.6 Å². The zero-order valence-electron chi connectivity index (χ0n) is 58.3. The van der Waals surface area contributed by atoms with Gasteiger partial charge in [-0.2, -0.15) is 12.6 Å². The monoisotopic (exact) mass is 1350 g/mol. The standard InChI is InChI=1S/C61H101N11O14S.C7H8O/c1-15-38(9)52(44(84-13)32-47(74)71-31-21-23-43(71)53(85-14)39(10)54(76)63-16-2)69(11)59(81)50(36(5)6)68-57(79)51(37(7)8)70(12)61(83)86-34-40-25-27-41(28-26-40)65-55(77)42(22-20-29-64-60(62)82)66-56(78)49(35(3)4)67-46(73)24-18-17-19-30-72-48(75)33-45(87)58(72)80;8-6-7-4-2-1-3-5-7/h25-28,35-39,42-45,49-53,87H,15-24,29-34H2,1-14H3,(H,63,76)(H,65,77)(H,66,78)(H,67,73)(H,68,79)(H3,62,64,82);1-5,8H,6H2. The molecule has 4 rings (SSSR count). The van der Waals surface area contributed by atoms with E-state index in [9.17, 15) is 52.7 Å². The third-order valence-corrected chi connectivity index (χ3v) is 17.8. The van der Waals surface area contributed by atoms with Crippen molar-refractivity contribution in [2.75, 3.05) is 59.8 Å². The summed E-state index contributed by atoms with van der Waals surface area (Å²) >= 11 is 4.14. The van der Waals surface area contributed by atoms with Crippen molar-refractivity contribution in [2.24, 2.45) is 35.3 Å². The van der Waals surface area contributed by atoms with Crippen LogP contribution in [0.25, 0.3) is 0 Å². The van der Waals surface area contributed by atoms with Crippen LogP contribution < -0.4 is 37.6 Å². The number of nitrogens with one attached hydrogen (secondary N) is 6. The highest BCUT2D eigenvalue weighted by Crippen LogP contribution is 2.30. The Labute approximate surface area is 567 Å². The van der Waals surface area contributed by atoms with Crippen molar-refractivity contribution in [3.63, 3.8) is 0 Å². The zero-order chi connectivity index (χ0) is 71.2. The second-order valence-electron chi connectivity index (χ2n) is 25.6. The van der Waals surface area contributed by atoms with E-state index in [1.807, 2.05) is 65.0 Å². The molecule has 2 heterocycles. The molecule has 0 aromatic heterocycles. The number of hydrogen-bond donors (Lipinski definition) is 9. The molecule has 0 radical (unpaired) electrons. The molecule has 2 aromatic rings. The van der Waals surface area contributed by atoms with Crippen LogP contribution in [0.3, 0.4) is 0 Å². The van der Waals surface area contributed by atoms with E-state index in [0.717, 1.165) is 12.0 Å². The Hall–Kier alpha value is -7.36. The number of unbranched alkanes of at least 4 members (excludes halogenated alkanes) is 2. The van der Waals surface area contributed by atoms with Gasteiger partial charge in [0.15, 0.2) is 0 Å². The first-order chi connectivity index (χ1) is 45.0. The Balaban J connectivity index is 0.00000272. The minimum Gasteiger partial charge on any atom is -0.445 e. The second kappa shape index (κ2) is 41.6. The lowest BCUT2D eigenvalue weighted by atomic mass is 9.89. The predicted molar refractivity (Wildman–Crippen MR) is 364 cm³/mol. The van der Waals surface area contributed by atoms with Gasteiger partial charge < -0.3 is 66.8 Å². The number of likely N-dealkylation sites (N-methyl/N-ethyl adjacent to an activating group) is 2. The number of imide groups is 1. The van der Waals surface area contributed by atoms with Crippen LogP contribution in [-0.4, -0.2) is 198 Å². The number of nitrogens with zero attached hydrogens (tertiary/aromatic N) is 4. The van der Waals surface area contributed by atoms with Gasteiger partial charge in [0.25, 0.3) is 0 Å². The summed E-state index contributed by atoms with van der Waals surface area (Å²) in [5.74, 6) is -5.32. The van der Waals surface area contributed by atoms with E-state index in [0.29, 0.717) is 56.4 Å². The highest BCUT2D eigenvalue weighted by atomic mass is 32.1. The van der Waals surface area contributed by atoms with Crippen LogP contribution >= 0.6 is 12.6 Å². The maximum Gasteiger partial charge on any atom is 0.410 e. The molecule has 95 heavy (non-hydrogen) atoms. The van der Waals surface area contributed by atoms with E-state index < -0.39 is 101 Å². The quantitative estimate of drug-likeness (QED) is 0.0236. The molecule has 11 atom stereocenters. The highest BCUT2D eigenvalue weighted by Gasteiger charge is 2.44. The van der Waals surface area contributed by atoms with Crippen molar-refractivity contribution in [1.29, 1.82) is 0 Å². The van der Waals surface area contributed by atoms with Crippen molar-refractivity contribution in [1.82, 2.24) is 46.2 Å². The topological polar surface area (TPSA) is 347 Å². The van der Waals surface area contributed by atoms with Crippen LogP contribution in [0, 0.1) is 29.6 Å². The number of likely N-dealkylation sites (tertiary alicyclic amines) is 2. The number of urea groups is 1. The van der Waals surface area contributed by atoms with Crippen molar-refractivity contribution in [3.8, 4) is 0 Å². The Kier molecular flexibility index (Phi) is 35.8. The van der Waals surface area contributed by atoms with Crippen LogP contribution in [0.1, 0.15) is 151 Å². The molecule has 2 saturated heterocycles. The Bertz CT molecular complexity index is 2820. The summed E-state index contributed by atoms with van der Waals surface area (Å²) in [7, 11) is 6.14. The number of ether oxygens (including phenoxy) is 3. The van der Waals surface area contributed by atoms with Crippen molar-refractivity contribution >= 4 is 83.6 Å². The molecule has 9 N–H and O–H groups in total. The Morgan fingerprint density at radius 3 is 1.93 bits per heavy atom. The summed E-state index contributed by atoms with van der Waals surface area (Å²) in [5, 5.41) is 24.5. The van der Waals surface area contributed by atoms with E-state index in [1.54, 1.807) is 82.8 Å². The van der Waals surface area contributed by atoms with Crippen molar-refractivity contribution < 1.29 is 72.1 Å². The van der Waals surface area contributed by atoms with Gasteiger partial charge in [-0.05, 0) is 92.4 Å². The van der Waals surface area contributed by atoms with Gasteiger partial charge in [0.1, 0.15) is 30.8 Å². The maximum atomic E-state index is 14.7. The fraction of sp³-hybridized carbons (Fsp3) is 0.662. The number of aliphatic hydroxyl groups is 1. The molecule has 532 valence electrons. The summed E-state index contributed by atoms with van der Waals surface area (Å²) in [6.07, 6.45) is 1.95. The fourth-order valence-corrected chi connectivity index (χ4v) is 12.2. The molecule has 11 unspecified atom stereocenters. The third-order valence-electron chi connectivity index (χ3n) is 17.4. The van der Waals surface area contributed by atoms with Crippen LogP contribution in [0.15, 0.2) is 54.6 Å². The van der Waals surface area contributed by atoms with Gasteiger partial charge in [0, 0.05) is 73.0 Å². The summed E-state index contributed by atoms with van der Waals surface area (Å²) in [5.41, 5.74) is 7.08. The minimum atomic E-state index is -1.11. The maximum absolute atomic E-state index is 14.7. The molecule has 0 saturated carbocycles. The number of rotatable bonds is 37. The van der Waals surface area contributed by atoms with E-state index in [-0.39, 0.29) is 106 Å². The number of thiol groups is 1. The molecular weight excluding hydrogens is 1240 g/mol. The van der Waals surface area contributed by atoms with Gasteiger partial charge in [-0.3, -0.25) is 53.0 Å². The number of amides is 12. The number of primary amides is 1. The molecular formula is C68H109N11O15S. The smallest absolute Gasteiger partial charge is 0.410 e. The number of benzene rings is 2. The molecule has 0 spiro atoms. The van der Waals surface area contributed by atoms with Gasteiger partial charge in [-0.25, -0.2) is 9.59 Å². The van der Waals surface area contributed by atoms with Crippen LogP contribution in [0.5, 0.6) is 0 Å². The van der Waals surface area contributed by atoms with Crippen LogP contribution in [0.4, 0.5) is 15.3 Å². The summed E-state index contributed by atoms with van der Waals surface area (Å²) in [6, 6.07) is 10.0. The molecule has 0 aliphatic carbocycles. The number of methoxy groups -OCH3 is 2. The van der Waals surface area contributed by atoms with E-state index in [4.69, 9.17) is 25.1 Å². The van der Waals surface area contributed by atoms with Gasteiger partial charge in [0.05, 0.1) is 48.5 Å². The molecule has 2 aliphatic heterocycles. The zero-order valence-corrected chi connectivity index (χ0v) is 59.2. The second-order valence-corrected chi connectivity index (χ2v) is 26.2. The van der Waals surface area contributed by atoms with Gasteiger partial charge >= 0.3 is 12.1 Å². The normalized spacial score (nSPS) is 17.4. The molecule has 27 heteroatoms. The molecule has 12 amide bonds. The number of carbonyl (C=O) groups excluding carboxylic acids is 11. The number of anilines is 1. The summed E-state index contributed by atoms with van der Waals surface area (Å²) < 4.78 is 17.6. The van der Waals surface area contributed by atoms with Crippen molar-refractivity contribution in [2.45, 2.75) is 207 Å². The fourth-order valence-electron chi connectivity index (χ4n) is 11.9. The lowest BCUT2D eigenvalue weighted by molar-refractivity contribution is -0.148. The number of aliphatic hydroxyl groups excluding tert-OH is 1. The summed E-state index contributed by atoms with van der Waals surface area (Å²) in [6.45, 7) is 19.5. The molecule has 2 aliphatic rings. The molecule has 2 fully saturated rings. The van der Waals surface area contributed by atoms with E-state index in [2.05, 4.69) is 44.5 Å². The first-order valence-corrected chi connectivity index (χ1v) is 33.8. The SMILES string of the molecule is CCNC(=O)C(C)C(OC)C1CCCN1C(=O)CC(OC)C(C(C)CC)N(C)C(=O)C(NC(=O)C(C(C)C)N(C)C(=O)OCc1ccc(NC(=O)C(CCCNC(N)=O)NC(=O)C(NC(=O)CCCCCN2C(=O)CC(S)C2=O)C(C)C)cc1)C(C)C.OCc1ccccc1. The van der Waals surface area contributed by atoms with Crippen molar-refractivity contribution in [3.05, 3.63) is 65.7 Å². The lowest BCUT2D eigenvalue weighted by Crippen LogP contribution is -2.60. The van der Waals surface area contributed by atoms with Gasteiger partial charge in [-0.1, -0.05) is 118 Å².